The molecular formula is C16H16FNO2. The number of ether oxygens (including phenoxy) is 1. The Balaban J connectivity index is 2.12. The molecule has 0 saturated heterocycles. The fraction of sp³-hybridized carbons (Fsp3) is 0.188. The fourth-order valence-corrected chi connectivity index (χ4v) is 1.99. The first-order valence-electron chi connectivity index (χ1n) is 6.29. The summed E-state index contributed by atoms with van der Waals surface area (Å²) in [6.07, 6.45) is 0.424. The van der Waals surface area contributed by atoms with E-state index in [0.717, 1.165) is 11.6 Å². The van der Waals surface area contributed by atoms with E-state index in [2.05, 4.69) is 0 Å². The minimum Gasteiger partial charge on any atom is -0.494 e. The largest absolute Gasteiger partial charge is 0.494 e. The van der Waals surface area contributed by atoms with E-state index in [-0.39, 0.29) is 17.1 Å². The van der Waals surface area contributed by atoms with E-state index < -0.39 is 11.9 Å². The predicted molar refractivity (Wildman–Crippen MR) is 75.4 cm³/mol. The van der Waals surface area contributed by atoms with Crippen LogP contribution in [0.5, 0.6) is 5.75 Å². The highest BCUT2D eigenvalue weighted by Gasteiger charge is 2.17. The zero-order valence-electron chi connectivity index (χ0n) is 11.2. The Kier molecular flexibility index (Phi) is 4.48. The van der Waals surface area contributed by atoms with Gasteiger partial charge in [0.05, 0.1) is 13.2 Å². The first-order chi connectivity index (χ1) is 9.61. The lowest BCUT2D eigenvalue weighted by Gasteiger charge is -2.11. The van der Waals surface area contributed by atoms with Crippen molar-refractivity contribution in [1.29, 1.82) is 0 Å². The molecular weight excluding hydrogens is 257 g/mol. The zero-order valence-corrected chi connectivity index (χ0v) is 11.2. The second-order valence-corrected chi connectivity index (χ2v) is 4.51. The van der Waals surface area contributed by atoms with Crippen LogP contribution in [0.1, 0.15) is 15.9 Å². The highest BCUT2D eigenvalue weighted by molar-refractivity contribution is 6.00. The Bertz CT molecular complexity index is 599. The Morgan fingerprint density at radius 3 is 2.55 bits per heavy atom. The highest BCUT2D eigenvalue weighted by atomic mass is 19.1. The average Bonchev–Trinajstić information content (AvgIpc) is 2.47. The molecule has 104 valence electrons. The Labute approximate surface area is 117 Å². The number of nitrogens with two attached hydrogens (primary N) is 1. The zero-order chi connectivity index (χ0) is 14.5. The monoisotopic (exact) mass is 273 g/mol. The number of benzene rings is 2. The van der Waals surface area contributed by atoms with Crippen molar-refractivity contribution in [3.63, 3.8) is 0 Å². The quantitative estimate of drug-likeness (QED) is 0.852. The number of carbonyl (C=O) groups excluding carboxylic acids is 1. The summed E-state index contributed by atoms with van der Waals surface area (Å²) in [5.41, 5.74) is 7.13. The summed E-state index contributed by atoms with van der Waals surface area (Å²) in [5, 5.41) is 0. The van der Waals surface area contributed by atoms with Gasteiger partial charge in [-0.25, -0.2) is 4.39 Å². The molecule has 1 unspecified atom stereocenters. The number of halogens is 1. The summed E-state index contributed by atoms with van der Waals surface area (Å²) in [4.78, 5) is 12.2. The van der Waals surface area contributed by atoms with Crippen molar-refractivity contribution in [3.05, 3.63) is 65.5 Å². The molecule has 0 amide bonds. The Morgan fingerprint density at radius 2 is 1.95 bits per heavy atom. The molecule has 0 bridgehead atoms. The molecule has 0 spiro atoms. The van der Waals surface area contributed by atoms with Gasteiger partial charge >= 0.3 is 0 Å². The number of Topliss-reactive ketones (excluding diaryl/α,β-unsaturated/α-hetero) is 1. The van der Waals surface area contributed by atoms with E-state index in [0.29, 0.717) is 6.42 Å². The van der Waals surface area contributed by atoms with Crippen LogP contribution in [-0.4, -0.2) is 18.9 Å². The van der Waals surface area contributed by atoms with Crippen molar-refractivity contribution in [3.8, 4) is 5.75 Å². The van der Waals surface area contributed by atoms with Gasteiger partial charge in [-0.1, -0.05) is 30.3 Å². The van der Waals surface area contributed by atoms with Crippen LogP contribution in [0.15, 0.2) is 48.5 Å². The molecule has 2 aromatic rings. The van der Waals surface area contributed by atoms with Gasteiger partial charge in [-0.15, -0.1) is 0 Å². The fourth-order valence-electron chi connectivity index (χ4n) is 1.99. The average molecular weight is 273 g/mol. The first-order valence-corrected chi connectivity index (χ1v) is 6.29. The van der Waals surface area contributed by atoms with Crippen molar-refractivity contribution in [2.75, 3.05) is 7.11 Å². The van der Waals surface area contributed by atoms with Gasteiger partial charge in [0.1, 0.15) is 0 Å². The van der Waals surface area contributed by atoms with Gasteiger partial charge in [0.2, 0.25) is 0 Å². The number of rotatable bonds is 5. The van der Waals surface area contributed by atoms with Crippen LogP contribution in [-0.2, 0) is 6.42 Å². The molecule has 0 aliphatic rings. The summed E-state index contributed by atoms with van der Waals surface area (Å²) in [6, 6.07) is 12.9. The third-order valence-corrected chi connectivity index (χ3v) is 3.07. The molecule has 0 saturated carbocycles. The second-order valence-electron chi connectivity index (χ2n) is 4.51. The molecule has 3 nitrogen and oxygen atoms in total. The molecule has 20 heavy (non-hydrogen) atoms. The van der Waals surface area contributed by atoms with Gasteiger partial charge < -0.3 is 10.5 Å². The van der Waals surface area contributed by atoms with Crippen LogP contribution in [0, 0.1) is 5.82 Å². The molecule has 2 aromatic carbocycles. The summed E-state index contributed by atoms with van der Waals surface area (Å²) in [5.74, 6) is -0.737. The summed E-state index contributed by atoms with van der Waals surface area (Å²) < 4.78 is 18.4. The SMILES string of the molecule is COc1ccc(C(=O)C(N)Cc2ccccc2)cc1F. The van der Waals surface area contributed by atoms with Gasteiger partial charge in [0.15, 0.2) is 17.3 Å². The molecule has 2 rings (SSSR count). The predicted octanol–water partition coefficient (Wildman–Crippen LogP) is 2.59. The number of carbonyl (C=O) groups is 1. The topological polar surface area (TPSA) is 52.3 Å². The summed E-state index contributed by atoms with van der Waals surface area (Å²) in [7, 11) is 1.38. The lowest BCUT2D eigenvalue weighted by molar-refractivity contribution is 0.0960. The summed E-state index contributed by atoms with van der Waals surface area (Å²) in [6.45, 7) is 0. The maximum absolute atomic E-state index is 13.6. The standard InChI is InChI=1S/C16H16FNO2/c1-20-15-8-7-12(10-13(15)17)16(19)14(18)9-11-5-3-2-4-6-11/h2-8,10,14H,9,18H2,1H3. The minimum atomic E-state index is -0.690. The second kappa shape index (κ2) is 6.30. The van der Waals surface area contributed by atoms with E-state index >= 15 is 0 Å². The van der Waals surface area contributed by atoms with E-state index in [1.807, 2.05) is 30.3 Å². The van der Waals surface area contributed by atoms with Crippen molar-refractivity contribution in [2.45, 2.75) is 12.5 Å². The van der Waals surface area contributed by atoms with Crippen LogP contribution in [0.2, 0.25) is 0 Å². The Hall–Kier alpha value is -2.20. The van der Waals surface area contributed by atoms with E-state index in [9.17, 15) is 9.18 Å². The third-order valence-electron chi connectivity index (χ3n) is 3.07. The van der Waals surface area contributed by atoms with Gasteiger partial charge in [-0.05, 0) is 30.2 Å². The number of ketones is 1. The number of methoxy groups -OCH3 is 1. The van der Waals surface area contributed by atoms with Crippen molar-refractivity contribution in [2.24, 2.45) is 5.73 Å². The molecule has 0 heterocycles. The molecule has 2 N–H and O–H groups in total. The van der Waals surface area contributed by atoms with Crippen molar-refractivity contribution in [1.82, 2.24) is 0 Å². The van der Waals surface area contributed by atoms with Gasteiger partial charge in [-0.2, -0.15) is 0 Å². The maximum atomic E-state index is 13.6. The number of hydrogen-bond acceptors (Lipinski definition) is 3. The van der Waals surface area contributed by atoms with Crippen LogP contribution >= 0.6 is 0 Å². The van der Waals surface area contributed by atoms with E-state index in [1.54, 1.807) is 0 Å². The minimum absolute atomic E-state index is 0.109. The van der Waals surface area contributed by atoms with Crippen LogP contribution in [0.4, 0.5) is 4.39 Å². The van der Waals surface area contributed by atoms with Crippen LogP contribution in [0.25, 0.3) is 0 Å². The van der Waals surface area contributed by atoms with Crippen LogP contribution < -0.4 is 10.5 Å². The lowest BCUT2D eigenvalue weighted by atomic mass is 9.98. The van der Waals surface area contributed by atoms with Gasteiger partial charge in [0.25, 0.3) is 0 Å². The lowest BCUT2D eigenvalue weighted by Crippen LogP contribution is -2.32. The van der Waals surface area contributed by atoms with Crippen molar-refractivity contribution >= 4 is 5.78 Å². The maximum Gasteiger partial charge on any atom is 0.179 e. The molecule has 1 atom stereocenters. The number of hydrogen-bond donors (Lipinski definition) is 1. The highest BCUT2D eigenvalue weighted by Crippen LogP contribution is 2.19. The van der Waals surface area contributed by atoms with Gasteiger partial charge in [-0.3, -0.25) is 4.79 Å². The van der Waals surface area contributed by atoms with Crippen LogP contribution in [0.3, 0.4) is 0 Å². The molecule has 0 aliphatic heterocycles. The first kappa shape index (κ1) is 14.2. The summed E-state index contributed by atoms with van der Waals surface area (Å²) >= 11 is 0. The smallest absolute Gasteiger partial charge is 0.179 e. The van der Waals surface area contributed by atoms with Crippen molar-refractivity contribution < 1.29 is 13.9 Å². The molecule has 4 heteroatoms. The third kappa shape index (κ3) is 3.22. The molecule has 0 fully saturated rings. The molecule has 0 radical (unpaired) electrons. The normalized spacial score (nSPS) is 11.9. The van der Waals surface area contributed by atoms with E-state index in [1.165, 1.54) is 19.2 Å². The molecule has 0 aromatic heterocycles. The van der Waals surface area contributed by atoms with E-state index in [4.69, 9.17) is 10.5 Å². The molecule has 0 aliphatic carbocycles. The Morgan fingerprint density at radius 1 is 1.25 bits per heavy atom. The van der Waals surface area contributed by atoms with Gasteiger partial charge in [0, 0.05) is 5.56 Å².